The fraction of sp³-hybridized carbons (Fsp3) is 0. The molecule has 0 aromatic heterocycles. The molecule has 0 aliphatic rings. The molecular formula is Cl3PS3. The van der Waals surface area contributed by atoms with Gasteiger partial charge < -0.3 is 0 Å². The Morgan fingerprint density at radius 3 is 1.14 bits per heavy atom. The molecule has 0 bridgehead atoms. The number of hydrogen-bond acceptors (Lipinski definition) is 3. The highest BCUT2D eigenvalue weighted by Gasteiger charge is 2.04. The minimum absolute atomic E-state index is 0.508. The van der Waals surface area contributed by atoms with Gasteiger partial charge in [0.1, 0.15) is 5.53 Å². The van der Waals surface area contributed by atoms with Gasteiger partial charge in [-0.25, -0.2) is 0 Å². The molecule has 0 unspecified atom stereocenters. The molecule has 0 aromatic rings. The van der Waals surface area contributed by atoms with Crippen LogP contribution in [-0.2, 0) is 0 Å². The summed E-state index contributed by atoms with van der Waals surface area (Å²) in [5.41, 5.74) is -0.508. The van der Waals surface area contributed by atoms with Crippen LogP contribution in [0.4, 0.5) is 0 Å². The van der Waals surface area contributed by atoms with E-state index in [0.717, 1.165) is 0 Å². The highest BCUT2D eigenvalue weighted by atomic mass is 35.8. The van der Waals surface area contributed by atoms with Crippen LogP contribution >= 0.6 is 69.4 Å². The molecule has 0 radical (unpaired) electrons. The molecule has 0 fully saturated rings. The molecule has 44 valence electrons. The number of rotatable bonds is 3. The van der Waals surface area contributed by atoms with Crippen molar-refractivity contribution in [2.24, 2.45) is 0 Å². The molecule has 7 heavy (non-hydrogen) atoms. The summed E-state index contributed by atoms with van der Waals surface area (Å²) in [5.74, 6) is 0. The second-order valence-corrected chi connectivity index (χ2v) is 11.6. The standard InChI is InChI=1S/Cl3PS3/c1-5-4(6-2)7-3. The molecular weight excluding hydrogens is 234 g/mol. The van der Waals surface area contributed by atoms with E-state index >= 15 is 0 Å². The predicted molar refractivity (Wildman–Crippen MR) is 47.3 cm³/mol. The molecule has 0 aliphatic heterocycles. The van der Waals surface area contributed by atoms with Gasteiger partial charge in [-0.05, 0) is 63.8 Å². The lowest BCUT2D eigenvalue weighted by Crippen LogP contribution is -1.27. The third-order valence-electron chi connectivity index (χ3n) is 0.169. The van der Waals surface area contributed by atoms with Crippen LogP contribution in [0.5, 0.6) is 0 Å². The van der Waals surface area contributed by atoms with Crippen LogP contribution < -0.4 is 0 Å². The van der Waals surface area contributed by atoms with Crippen molar-refractivity contribution in [1.82, 2.24) is 0 Å². The van der Waals surface area contributed by atoms with Crippen molar-refractivity contribution in [2.75, 3.05) is 0 Å². The Labute approximate surface area is 68.9 Å². The van der Waals surface area contributed by atoms with Crippen LogP contribution in [0, 0.1) is 0 Å². The highest BCUT2D eigenvalue weighted by Crippen LogP contribution is 2.74. The summed E-state index contributed by atoms with van der Waals surface area (Å²) in [6.45, 7) is 0. The van der Waals surface area contributed by atoms with E-state index < -0.39 is 5.53 Å². The van der Waals surface area contributed by atoms with Crippen LogP contribution in [0.25, 0.3) is 0 Å². The van der Waals surface area contributed by atoms with E-state index in [-0.39, 0.29) is 0 Å². The Morgan fingerprint density at radius 1 is 0.857 bits per heavy atom. The molecule has 0 rings (SSSR count). The van der Waals surface area contributed by atoms with E-state index in [2.05, 4.69) is 0 Å². The first kappa shape index (κ1) is 9.35. The monoisotopic (exact) mass is 232 g/mol. The molecule has 0 saturated heterocycles. The van der Waals surface area contributed by atoms with E-state index in [1.807, 2.05) is 0 Å². The van der Waals surface area contributed by atoms with Gasteiger partial charge in [-0.15, -0.1) is 0 Å². The lowest BCUT2D eigenvalue weighted by Gasteiger charge is -1.96. The third kappa shape index (κ3) is 4.83. The third-order valence-corrected chi connectivity index (χ3v) is 13.7. The smallest absolute Gasteiger partial charge is 0.0375 e. The molecule has 0 heterocycles. The van der Waals surface area contributed by atoms with Crippen molar-refractivity contribution >= 4 is 69.4 Å². The van der Waals surface area contributed by atoms with E-state index in [9.17, 15) is 0 Å². The molecule has 7 heteroatoms. The maximum absolute atomic E-state index is 5.30. The van der Waals surface area contributed by atoms with Gasteiger partial charge in [-0.3, -0.25) is 0 Å². The zero-order valence-electron chi connectivity index (χ0n) is 2.81. The van der Waals surface area contributed by atoms with Crippen LogP contribution in [0.3, 0.4) is 0 Å². The van der Waals surface area contributed by atoms with Gasteiger partial charge in [0.15, 0.2) is 0 Å². The van der Waals surface area contributed by atoms with Gasteiger partial charge in [0.25, 0.3) is 0 Å². The second-order valence-electron chi connectivity index (χ2n) is 0.431. The topological polar surface area (TPSA) is 0 Å². The molecule has 0 aromatic carbocycles. The van der Waals surface area contributed by atoms with E-state index in [1.54, 1.807) is 0 Å². The molecule has 0 aliphatic carbocycles. The molecule has 0 N–H and O–H groups in total. The van der Waals surface area contributed by atoms with E-state index in [1.165, 1.54) is 31.8 Å². The highest BCUT2D eigenvalue weighted by molar-refractivity contribution is 9.21. The van der Waals surface area contributed by atoms with Crippen molar-refractivity contribution in [3.05, 3.63) is 0 Å². The zero-order valence-corrected chi connectivity index (χ0v) is 8.42. The van der Waals surface area contributed by atoms with Crippen LogP contribution in [0.2, 0.25) is 0 Å². The second kappa shape index (κ2) is 6.47. The quantitative estimate of drug-likeness (QED) is 0.638. The minimum Gasteiger partial charge on any atom is -0.0375 e. The van der Waals surface area contributed by atoms with Gasteiger partial charge in [0, 0.05) is 0 Å². The maximum atomic E-state index is 5.30. The molecule has 0 atom stereocenters. The maximum Gasteiger partial charge on any atom is 0.122 e. The lowest BCUT2D eigenvalue weighted by atomic mass is 29.6. The fourth-order valence-corrected chi connectivity index (χ4v) is 7.76. The van der Waals surface area contributed by atoms with Crippen molar-refractivity contribution in [1.29, 1.82) is 0 Å². The van der Waals surface area contributed by atoms with E-state index in [0.29, 0.717) is 0 Å². The zero-order chi connectivity index (χ0) is 5.70. The molecule has 0 amide bonds. The summed E-state index contributed by atoms with van der Waals surface area (Å²) >= 11 is 0. The average molecular weight is 234 g/mol. The first-order valence-corrected chi connectivity index (χ1v) is 9.10. The Hall–Kier alpha value is 2.35. The minimum atomic E-state index is -0.508. The molecule has 0 nitrogen and oxygen atoms in total. The summed E-state index contributed by atoms with van der Waals surface area (Å²) in [7, 11) is 19.4. The largest absolute Gasteiger partial charge is 0.122 e. The fourth-order valence-electron chi connectivity index (χ4n) is 0.0319. The van der Waals surface area contributed by atoms with Crippen molar-refractivity contribution in [3.63, 3.8) is 0 Å². The van der Waals surface area contributed by atoms with Gasteiger partial charge in [-0.2, -0.15) is 0 Å². The number of halogens is 3. The lowest BCUT2D eigenvalue weighted by molar-refractivity contribution is 4.95. The van der Waals surface area contributed by atoms with Crippen LogP contribution in [0.1, 0.15) is 0 Å². The summed E-state index contributed by atoms with van der Waals surface area (Å²) < 4.78 is 0. The van der Waals surface area contributed by atoms with Gasteiger partial charge in [0.2, 0.25) is 0 Å². The summed E-state index contributed by atoms with van der Waals surface area (Å²) in [5, 5.41) is 0. The summed E-state index contributed by atoms with van der Waals surface area (Å²) in [6, 6.07) is 0. The first-order chi connectivity index (χ1) is 3.35. The van der Waals surface area contributed by atoms with Crippen LogP contribution in [-0.4, -0.2) is 0 Å². The summed E-state index contributed by atoms with van der Waals surface area (Å²) in [4.78, 5) is 0. The van der Waals surface area contributed by atoms with Gasteiger partial charge in [-0.1, -0.05) is 0 Å². The van der Waals surface area contributed by atoms with Crippen molar-refractivity contribution in [3.8, 4) is 0 Å². The van der Waals surface area contributed by atoms with Crippen molar-refractivity contribution < 1.29 is 0 Å². The molecule has 0 saturated carbocycles. The normalized spacial score (nSPS) is 10.3. The Morgan fingerprint density at radius 2 is 1.14 bits per heavy atom. The van der Waals surface area contributed by atoms with E-state index in [4.69, 9.17) is 32.0 Å². The first-order valence-electron chi connectivity index (χ1n) is 1.01. The SMILES string of the molecule is ClSP(SCl)SCl. The molecule has 0 spiro atoms. The predicted octanol–water partition coefficient (Wildman–Crippen LogP) is 4.87. The van der Waals surface area contributed by atoms with Crippen LogP contribution in [0.15, 0.2) is 0 Å². The Kier molecular flexibility index (Phi) is 8.64. The van der Waals surface area contributed by atoms with Gasteiger partial charge in [0.05, 0.1) is 0 Å². The average Bonchev–Trinajstić information content (AvgIpc) is 1.72. The van der Waals surface area contributed by atoms with Crippen molar-refractivity contribution in [2.45, 2.75) is 0 Å². The Bertz CT molecular complexity index is 31.7. The summed E-state index contributed by atoms with van der Waals surface area (Å²) in [6.07, 6.45) is 0. The van der Waals surface area contributed by atoms with Gasteiger partial charge >= 0.3 is 0 Å². The number of hydrogen-bond donors (Lipinski definition) is 0. The Balaban J connectivity index is 2.99.